The predicted molar refractivity (Wildman–Crippen MR) is 62.1 cm³/mol. The van der Waals surface area contributed by atoms with E-state index in [0.717, 1.165) is 18.4 Å². The summed E-state index contributed by atoms with van der Waals surface area (Å²) < 4.78 is 5.14. The zero-order chi connectivity index (χ0) is 11.4. The molecule has 0 bridgehead atoms. The standard InChI is InChI=1S/C11H12ClN3O/c12-9-5-2-1-4-8(9)11-14-10(15-16-11)6-3-7-13/h1-2,4-5H,3,6-7,13H2. The third kappa shape index (κ3) is 2.40. The molecule has 1 heterocycles. The third-order valence-electron chi connectivity index (χ3n) is 2.18. The van der Waals surface area contributed by atoms with Crippen molar-refractivity contribution in [2.45, 2.75) is 12.8 Å². The van der Waals surface area contributed by atoms with E-state index >= 15 is 0 Å². The molecule has 0 aliphatic rings. The number of aryl methyl sites for hydroxylation is 1. The Labute approximate surface area is 98.4 Å². The molecule has 0 saturated heterocycles. The molecule has 0 aliphatic heterocycles. The Morgan fingerprint density at radius 2 is 2.12 bits per heavy atom. The van der Waals surface area contributed by atoms with E-state index in [0.29, 0.717) is 23.3 Å². The molecule has 2 aromatic rings. The van der Waals surface area contributed by atoms with Gasteiger partial charge in [-0.3, -0.25) is 0 Å². The highest BCUT2D eigenvalue weighted by Crippen LogP contribution is 2.25. The SMILES string of the molecule is NCCCc1noc(-c2ccccc2Cl)n1. The Hall–Kier alpha value is -1.39. The highest BCUT2D eigenvalue weighted by Gasteiger charge is 2.10. The lowest BCUT2D eigenvalue weighted by atomic mass is 10.2. The number of nitrogens with zero attached hydrogens (tertiary/aromatic N) is 2. The maximum Gasteiger partial charge on any atom is 0.259 e. The normalized spacial score (nSPS) is 10.6. The van der Waals surface area contributed by atoms with Crippen molar-refractivity contribution in [3.63, 3.8) is 0 Å². The van der Waals surface area contributed by atoms with E-state index in [9.17, 15) is 0 Å². The van der Waals surface area contributed by atoms with Crippen LogP contribution in [0.4, 0.5) is 0 Å². The highest BCUT2D eigenvalue weighted by atomic mass is 35.5. The Bertz CT molecular complexity index is 470. The molecular weight excluding hydrogens is 226 g/mol. The molecule has 0 aliphatic carbocycles. The van der Waals surface area contributed by atoms with Crippen molar-refractivity contribution in [2.75, 3.05) is 6.54 Å². The number of nitrogens with two attached hydrogens (primary N) is 1. The summed E-state index contributed by atoms with van der Waals surface area (Å²) in [5.41, 5.74) is 6.17. The Morgan fingerprint density at radius 3 is 2.88 bits per heavy atom. The summed E-state index contributed by atoms with van der Waals surface area (Å²) in [6.45, 7) is 0.621. The first-order valence-electron chi connectivity index (χ1n) is 5.09. The minimum Gasteiger partial charge on any atom is -0.334 e. The van der Waals surface area contributed by atoms with Crippen molar-refractivity contribution in [3.05, 3.63) is 35.1 Å². The van der Waals surface area contributed by atoms with Crippen LogP contribution < -0.4 is 5.73 Å². The summed E-state index contributed by atoms with van der Waals surface area (Å²) in [7, 11) is 0. The Balaban J connectivity index is 2.22. The monoisotopic (exact) mass is 237 g/mol. The first-order valence-corrected chi connectivity index (χ1v) is 5.46. The van der Waals surface area contributed by atoms with Gasteiger partial charge < -0.3 is 10.3 Å². The maximum atomic E-state index is 6.02. The summed E-state index contributed by atoms with van der Waals surface area (Å²) in [4.78, 5) is 4.26. The van der Waals surface area contributed by atoms with Crippen LogP contribution in [0.3, 0.4) is 0 Å². The van der Waals surface area contributed by atoms with Gasteiger partial charge in [-0.05, 0) is 25.1 Å². The number of aromatic nitrogens is 2. The summed E-state index contributed by atoms with van der Waals surface area (Å²) >= 11 is 6.02. The first kappa shape index (κ1) is 11.1. The van der Waals surface area contributed by atoms with Crippen LogP contribution in [0.25, 0.3) is 11.5 Å². The lowest BCUT2D eigenvalue weighted by Crippen LogP contribution is -2.01. The lowest BCUT2D eigenvalue weighted by Gasteiger charge is -1.95. The molecule has 0 unspecified atom stereocenters. The van der Waals surface area contributed by atoms with Gasteiger partial charge in [0, 0.05) is 6.42 Å². The van der Waals surface area contributed by atoms with Crippen molar-refractivity contribution in [3.8, 4) is 11.5 Å². The Morgan fingerprint density at radius 1 is 1.31 bits per heavy atom. The number of halogens is 1. The molecule has 0 atom stereocenters. The zero-order valence-electron chi connectivity index (χ0n) is 8.69. The second-order valence-electron chi connectivity index (χ2n) is 3.39. The molecule has 84 valence electrons. The minimum absolute atomic E-state index is 0.456. The molecule has 2 N–H and O–H groups in total. The molecule has 0 fully saturated rings. The Kier molecular flexibility index (Phi) is 3.54. The van der Waals surface area contributed by atoms with Crippen LogP contribution in [0.1, 0.15) is 12.2 Å². The van der Waals surface area contributed by atoms with E-state index in [1.165, 1.54) is 0 Å². The van der Waals surface area contributed by atoms with E-state index in [1.54, 1.807) is 6.07 Å². The molecular formula is C11H12ClN3O. The van der Waals surface area contributed by atoms with Crippen LogP contribution in [0.15, 0.2) is 28.8 Å². The van der Waals surface area contributed by atoms with Gasteiger partial charge in [-0.2, -0.15) is 4.98 Å². The van der Waals surface area contributed by atoms with Gasteiger partial charge in [0.2, 0.25) is 0 Å². The van der Waals surface area contributed by atoms with E-state index < -0.39 is 0 Å². The van der Waals surface area contributed by atoms with Gasteiger partial charge in [0.25, 0.3) is 5.89 Å². The summed E-state index contributed by atoms with van der Waals surface area (Å²) in [6.07, 6.45) is 1.58. The van der Waals surface area contributed by atoms with Gasteiger partial charge in [0.1, 0.15) is 0 Å². The molecule has 1 aromatic heterocycles. The lowest BCUT2D eigenvalue weighted by molar-refractivity contribution is 0.422. The third-order valence-corrected chi connectivity index (χ3v) is 2.51. The van der Waals surface area contributed by atoms with E-state index in [1.807, 2.05) is 18.2 Å². The number of rotatable bonds is 4. The van der Waals surface area contributed by atoms with Gasteiger partial charge in [0.15, 0.2) is 5.82 Å². The molecule has 2 rings (SSSR count). The highest BCUT2D eigenvalue weighted by molar-refractivity contribution is 6.33. The molecule has 0 saturated carbocycles. The zero-order valence-corrected chi connectivity index (χ0v) is 9.44. The average molecular weight is 238 g/mol. The number of hydrogen-bond acceptors (Lipinski definition) is 4. The first-order chi connectivity index (χ1) is 7.81. The molecule has 1 aromatic carbocycles. The predicted octanol–water partition coefficient (Wildman–Crippen LogP) is 2.28. The summed E-state index contributed by atoms with van der Waals surface area (Å²) in [5, 5.41) is 4.48. The fourth-order valence-corrected chi connectivity index (χ4v) is 1.58. The van der Waals surface area contributed by atoms with Crippen molar-refractivity contribution in [1.29, 1.82) is 0 Å². The van der Waals surface area contributed by atoms with E-state index in [4.69, 9.17) is 21.9 Å². The number of benzene rings is 1. The fraction of sp³-hybridized carbons (Fsp3) is 0.273. The number of hydrogen-bond donors (Lipinski definition) is 1. The quantitative estimate of drug-likeness (QED) is 0.886. The van der Waals surface area contributed by atoms with Gasteiger partial charge in [-0.1, -0.05) is 28.9 Å². The van der Waals surface area contributed by atoms with Crippen molar-refractivity contribution in [2.24, 2.45) is 5.73 Å². The molecule has 4 nitrogen and oxygen atoms in total. The second-order valence-corrected chi connectivity index (χ2v) is 3.80. The second kappa shape index (κ2) is 5.09. The van der Waals surface area contributed by atoms with Crippen molar-refractivity contribution in [1.82, 2.24) is 10.1 Å². The average Bonchev–Trinajstić information content (AvgIpc) is 2.75. The maximum absolute atomic E-state index is 6.02. The fourth-order valence-electron chi connectivity index (χ4n) is 1.36. The van der Waals surface area contributed by atoms with E-state index in [-0.39, 0.29) is 0 Å². The van der Waals surface area contributed by atoms with Crippen molar-refractivity contribution < 1.29 is 4.52 Å². The van der Waals surface area contributed by atoms with Gasteiger partial charge in [0.05, 0.1) is 10.6 Å². The molecule has 16 heavy (non-hydrogen) atoms. The van der Waals surface area contributed by atoms with Gasteiger partial charge in [-0.15, -0.1) is 0 Å². The van der Waals surface area contributed by atoms with Crippen LogP contribution in [0.2, 0.25) is 5.02 Å². The van der Waals surface area contributed by atoms with Crippen LogP contribution in [0.5, 0.6) is 0 Å². The van der Waals surface area contributed by atoms with E-state index in [2.05, 4.69) is 10.1 Å². The molecule has 0 radical (unpaired) electrons. The van der Waals surface area contributed by atoms with Gasteiger partial charge in [-0.25, -0.2) is 0 Å². The van der Waals surface area contributed by atoms with Crippen LogP contribution >= 0.6 is 11.6 Å². The van der Waals surface area contributed by atoms with Crippen LogP contribution in [-0.2, 0) is 6.42 Å². The minimum atomic E-state index is 0.456. The molecule has 0 spiro atoms. The summed E-state index contributed by atoms with van der Waals surface area (Å²) in [5.74, 6) is 1.12. The topological polar surface area (TPSA) is 64.9 Å². The summed E-state index contributed by atoms with van der Waals surface area (Å²) in [6, 6.07) is 7.38. The largest absolute Gasteiger partial charge is 0.334 e. The van der Waals surface area contributed by atoms with Crippen LogP contribution in [0, 0.1) is 0 Å². The molecule has 0 amide bonds. The molecule has 5 heteroatoms. The van der Waals surface area contributed by atoms with Crippen LogP contribution in [-0.4, -0.2) is 16.7 Å². The smallest absolute Gasteiger partial charge is 0.259 e. The van der Waals surface area contributed by atoms with Crippen molar-refractivity contribution >= 4 is 11.6 Å². The van der Waals surface area contributed by atoms with Gasteiger partial charge >= 0.3 is 0 Å².